The Hall–Kier alpha value is -2.67. The first kappa shape index (κ1) is 16.7. The first-order valence-electron chi connectivity index (χ1n) is 7.30. The van der Waals surface area contributed by atoms with E-state index in [9.17, 15) is 14.9 Å². The molecule has 0 bridgehead atoms. The van der Waals surface area contributed by atoms with E-state index in [4.69, 9.17) is 4.42 Å². The number of nitro groups is 1. The summed E-state index contributed by atoms with van der Waals surface area (Å²) in [6.45, 7) is 5.71. The Morgan fingerprint density at radius 3 is 2.70 bits per heavy atom. The van der Waals surface area contributed by atoms with Crippen molar-refractivity contribution in [3.8, 4) is 0 Å². The van der Waals surface area contributed by atoms with Crippen LogP contribution in [0.1, 0.15) is 29.9 Å². The fourth-order valence-corrected chi connectivity index (χ4v) is 2.20. The fraction of sp³-hybridized carbons (Fsp3) is 0.312. The molecule has 3 N–H and O–H groups in total. The Labute approximate surface area is 133 Å². The molecule has 1 heterocycles. The smallest absolute Gasteiger partial charge is 0.293 e. The van der Waals surface area contributed by atoms with Crippen molar-refractivity contribution in [1.82, 2.24) is 0 Å². The largest absolute Gasteiger partial charge is 0.463 e. The van der Waals surface area contributed by atoms with E-state index in [-0.39, 0.29) is 29.9 Å². The molecular formula is C16H20N3O4+. The average molecular weight is 318 g/mol. The molecule has 1 aromatic carbocycles. The minimum Gasteiger partial charge on any atom is -0.463 e. The van der Waals surface area contributed by atoms with Crippen molar-refractivity contribution in [1.29, 1.82) is 0 Å². The lowest BCUT2D eigenvalue weighted by Crippen LogP contribution is -2.86. The fourth-order valence-electron chi connectivity index (χ4n) is 2.20. The number of amides is 1. The lowest BCUT2D eigenvalue weighted by atomic mass is 10.1. The maximum Gasteiger partial charge on any atom is 0.293 e. The summed E-state index contributed by atoms with van der Waals surface area (Å²) >= 11 is 0. The van der Waals surface area contributed by atoms with Gasteiger partial charge >= 0.3 is 0 Å². The van der Waals surface area contributed by atoms with Crippen LogP contribution in [0.5, 0.6) is 0 Å². The van der Waals surface area contributed by atoms with Gasteiger partial charge in [0.2, 0.25) is 0 Å². The predicted molar refractivity (Wildman–Crippen MR) is 85.1 cm³/mol. The van der Waals surface area contributed by atoms with Crippen LogP contribution in [0, 0.1) is 24.0 Å². The van der Waals surface area contributed by atoms with Crippen molar-refractivity contribution < 1.29 is 19.5 Å². The predicted octanol–water partition coefficient (Wildman–Crippen LogP) is 2.07. The molecule has 122 valence electrons. The van der Waals surface area contributed by atoms with E-state index in [1.807, 2.05) is 19.9 Å². The molecule has 1 atom stereocenters. The highest BCUT2D eigenvalue weighted by Crippen LogP contribution is 2.27. The van der Waals surface area contributed by atoms with Gasteiger partial charge in [-0.05, 0) is 50.1 Å². The first-order chi connectivity index (χ1) is 10.9. The third kappa shape index (κ3) is 4.17. The number of aryl methyl sites for hydroxylation is 2. The van der Waals surface area contributed by atoms with Gasteiger partial charge in [-0.15, -0.1) is 0 Å². The second-order valence-corrected chi connectivity index (χ2v) is 5.50. The van der Waals surface area contributed by atoms with Gasteiger partial charge in [0.15, 0.2) is 12.3 Å². The van der Waals surface area contributed by atoms with Crippen molar-refractivity contribution in [2.75, 3.05) is 11.9 Å². The number of furan rings is 1. The highest BCUT2D eigenvalue weighted by molar-refractivity contribution is 5.93. The second kappa shape index (κ2) is 7.06. The van der Waals surface area contributed by atoms with Crippen LogP contribution < -0.4 is 10.6 Å². The number of rotatable bonds is 6. The van der Waals surface area contributed by atoms with Gasteiger partial charge < -0.3 is 15.1 Å². The highest BCUT2D eigenvalue weighted by atomic mass is 16.6. The van der Waals surface area contributed by atoms with Crippen molar-refractivity contribution in [3.05, 3.63) is 57.5 Å². The van der Waals surface area contributed by atoms with Gasteiger partial charge in [-0.1, -0.05) is 0 Å². The molecule has 0 saturated heterocycles. The third-order valence-electron chi connectivity index (χ3n) is 3.73. The number of nitro benzene ring substituents is 1. The Balaban J connectivity index is 2.02. The Kier molecular flexibility index (Phi) is 5.13. The molecule has 0 spiro atoms. The quantitative estimate of drug-likeness (QED) is 0.628. The zero-order chi connectivity index (χ0) is 17.0. The standard InChI is InChI=1S/C16H19N3O4/c1-10-7-13(14(19(21)22)8-11(10)2)18-16(20)9-17-12(3)15-5-4-6-23-15/h4-8,12,17H,9H2,1-3H3,(H,18,20)/p+1/t12-/m1/s1. The number of carbonyl (C=O) groups is 1. The zero-order valence-corrected chi connectivity index (χ0v) is 13.3. The average Bonchev–Trinajstić information content (AvgIpc) is 3.02. The van der Waals surface area contributed by atoms with Crippen LogP contribution in [-0.4, -0.2) is 17.4 Å². The van der Waals surface area contributed by atoms with Crippen LogP contribution in [-0.2, 0) is 4.79 Å². The Morgan fingerprint density at radius 2 is 2.09 bits per heavy atom. The normalized spacial score (nSPS) is 12.0. The van der Waals surface area contributed by atoms with Crippen molar-refractivity contribution >= 4 is 17.3 Å². The van der Waals surface area contributed by atoms with E-state index in [1.54, 1.807) is 30.6 Å². The number of hydrogen-bond acceptors (Lipinski definition) is 4. The minimum atomic E-state index is -0.489. The van der Waals surface area contributed by atoms with E-state index in [1.165, 1.54) is 6.07 Å². The van der Waals surface area contributed by atoms with Gasteiger partial charge in [0, 0.05) is 6.07 Å². The molecule has 1 amide bonds. The molecule has 0 radical (unpaired) electrons. The molecular weight excluding hydrogens is 298 g/mol. The molecule has 0 aliphatic heterocycles. The molecule has 0 aliphatic rings. The van der Waals surface area contributed by atoms with Gasteiger partial charge in [-0.3, -0.25) is 14.9 Å². The molecule has 7 heteroatoms. The summed E-state index contributed by atoms with van der Waals surface area (Å²) in [5, 5.41) is 15.5. The molecule has 0 fully saturated rings. The van der Waals surface area contributed by atoms with Gasteiger partial charge in [0.25, 0.3) is 11.6 Å². The Bertz CT molecular complexity index is 710. The maximum atomic E-state index is 12.1. The van der Waals surface area contributed by atoms with E-state index in [0.29, 0.717) is 0 Å². The van der Waals surface area contributed by atoms with Crippen molar-refractivity contribution in [2.45, 2.75) is 26.8 Å². The van der Waals surface area contributed by atoms with Gasteiger partial charge in [0.1, 0.15) is 11.7 Å². The second-order valence-electron chi connectivity index (χ2n) is 5.50. The van der Waals surface area contributed by atoms with E-state index >= 15 is 0 Å². The summed E-state index contributed by atoms with van der Waals surface area (Å²) in [6.07, 6.45) is 1.58. The number of benzene rings is 1. The molecule has 0 aliphatic carbocycles. The van der Waals surface area contributed by atoms with Crippen LogP contribution in [0.4, 0.5) is 11.4 Å². The molecule has 0 unspecified atom stereocenters. The molecule has 2 aromatic rings. The molecule has 1 aromatic heterocycles. The Morgan fingerprint density at radius 1 is 1.39 bits per heavy atom. The number of quaternary nitrogens is 1. The van der Waals surface area contributed by atoms with Gasteiger partial charge in [0.05, 0.1) is 11.2 Å². The van der Waals surface area contributed by atoms with E-state index in [0.717, 1.165) is 16.9 Å². The monoisotopic (exact) mass is 318 g/mol. The van der Waals surface area contributed by atoms with Crippen LogP contribution in [0.15, 0.2) is 34.9 Å². The topological polar surface area (TPSA) is 102 Å². The number of nitrogens with zero attached hydrogens (tertiary/aromatic N) is 1. The van der Waals surface area contributed by atoms with Crippen LogP contribution in [0.25, 0.3) is 0 Å². The molecule has 2 rings (SSSR count). The van der Waals surface area contributed by atoms with Crippen LogP contribution in [0.3, 0.4) is 0 Å². The lowest BCUT2D eigenvalue weighted by Gasteiger charge is -2.10. The summed E-state index contributed by atoms with van der Waals surface area (Å²) < 4.78 is 5.27. The number of carbonyl (C=O) groups excluding carboxylic acids is 1. The molecule has 7 nitrogen and oxygen atoms in total. The van der Waals surface area contributed by atoms with Crippen molar-refractivity contribution in [2.24, 2.45) is 0 Å². The lowest BCUT2D eigenvalue weighted by molar-refractivity contribution is -0.684. The SMILES string of the molecule is Cc1cc(NC(=O)C[NH2+][C@H](C)c2ccco2)c([N+](=O)[O-])cc1C. The summed E-state index contributed by atoms with van der Waals surface area (Å²) in [4.78, 5) is 22.7. The van der Waals surface area contributed by atoms with Gasteiger partial charge in [-0.25, -0.2) is 0 Å². The number of anilines is 1. The third-order valence-corrected chi connectivity index (χ3v) is 3.73. The van der Waals surface area contributed by atoms with Gasteiger partial charge in [-0.2, -0.15) is 0 Å². The van der Waals surface area contributed by atoms with Crippen LogP contribution in [0.2, 0.25) is 0 Å². The zero-order valence-electron chi connectivity index (χ0n) is 13.3. The number of nitrogens with one attached hydrogen (secondary N) is 1. The van der Waals surface area contributed by atoms with E-state index < -0.39 is 4.92 Å². The highest BCUT2D eigenvalue weighted by Gasteiger charge is 2.19. The molecule has 23 heavy (non-hydrogen) atoms. The van der Waals surface area contributed by atoms with E-state index in [2.05, 4.69) is 5.32 Å². The maximum absolute atomic E-state index is 12.1. The summed E-state index contributed by atoms with van der Waals surface area (Å²) in [7, 11) is 0. The number of nitrogens with two attached hydrogens (primary N) is 1. The van der Waals surface area contributed by atoms with Crippen LogP contribution >= 0.6 is 0 Å². The summed E-state index contributed by atoms with van der Waals surface area (Å²) in [5.41, 5.74) is 1.83. The first-order valence-corrected chi connectivity index (χ1v) is 7.30. The minimum absolute atomic E-state index is 0.00881. The number of hydrogen-bond donors (Lipinski definition) is 2. The van der Waals surface area contributed by atoms with Crippen molar-refractivity contribution in [3.63, 3.8) is 0 Å². The summed E-state index contributed by atoms with van der Waals surface area (Å²) in [6, 6.07) is 6.72. The molecule has 0 saturated carbocycles. The summed E-state index contributed by atoms with van der Waals surface area (Å²) in [5.74, 6) is 0.477.